The smallest absolute Gasteiger partial charge is 0.295 e. The molecule has 0 radical (unpaired) electrons. The average molecular weight is 643 g/mol. The summed E-state index contributed by atoms with van der Waals surface area (Å²) in [6.07, 6.45) is 6.66. The lowest BCUT2D eigenvalue weighted by Gasteiger charge is -2.26. The number of likely N-dealkylation sites (tertiary alicyclic amines) is 1. The Balaban J connectivity index is 1.51. The van der Waals surface area contributed by atoms with Crippen LogP contribution in [0.4, 0.5) is 0 Å². The maximum absolute atomic E-state index is 14.0. The number of carbonyl (C=O) groups excluding carboxylic acids is 3. The van der Waals surface area contributed by atoms with Gasteiger partial charge in [-0.2, -0.15) is 0 Å². The molecule has 1 aliphatic rings. The van der Waals surface area contributed by atoms with E-state index >= 15 is 0 Å². The molecule has 4 rings (SSSR count). The number of Topliss-reactive ketones (excluding diaryl/α,β-unsaturated/α-hetero) is 1. The fraction of sp³-hybridized carbons (Fsp3) is 0.395. The number of nitrogens with one attached hydrogen (secondary N) is 1. The summed E-state index contributed by atoms with van der Waals surface area (Å²) in [5.74, 6) is -1.06. The topological polar surface area (TPSA) is 103 Å². The Morgan fingerprint density at radius 1 is 0.872 bits per heavy atom. The van der Waals surface area contributed by atoms with Crippen molar-refractivity contribution in [1.82, 2.24) is 10.2 Å². The first-order valence-corrected chi connectivity index (χ1v) is 16.1. The van der Waals surface area contributed by atoms with Gasteiger partial charge in [0.15, 0.2) is 11.5 Å². The largest absolute Gasteiger partial charge is 0.493 e. The SMILES string of the molecule is C=CCOC1CC(C(=O)NC(CCCc2ccccc2)CCCc2ccccc2)N(C(=O)C(=O)c2cc(OC)c(OC)c(OC)c2)C1. The monoisotopic (exact) mass is 642 g/mol. The highest BCUT2D eigenvalue weighted by Crippen LogP contribution is 2.38. The fourth-order valence-electron chi connectivity index (χ4n) is 6.04. The Morgan fingerprint density at radius 3 is 1.91 bits per heavy atom. The Kier molecular flexibility index (Phi) is 13.4. The van der Waals surface area contributed by atoms with Crippen molar-refractivity contribution >= 4 is 17.6 Å². The molecule has 2 unspecified atom stereocenters. The van der Waals surface area contributed by atoms with E-state index in [0.29, 0.717) is 5.75 Å². The molecule has 0 aliphatic carbocycles. The van der Waals surface area contributed by atoms with Crippen molar-refractivity contribution in [2.75, 3.05) is 34.5 Å². The predicted molar refractivity (Wildman–Crippen MR) is 181 cm³/mol. The zero-order valence-electron chi connectivity index (χ0n) is 27.6. The third-order valence-corrected chi connectivity index (χ3v) is 8.47. The summed E-state index contributed by atoms with van der Waals surface area (Å²) in [4.78, 5) is 42.7. The molecule has 2 amide bonds. The van der Waals surface area contributed by atoms with Gasteiger partial charge in [0.05, 0.1) is 34.0 Å². The Bertz CT molecular complexity index is 1410. The van der Waals surface area contributed by atoms with Crippen LogP contribution in [0.25, 0.3) is 0 Å². The molecule has 9 heteroatoms. The number of benzene rings is 3. The Hall–Kier alpha value is -4.63. The molecule has 250 valence electrons. The second kappa shape index (κ2) is 17.9. The third-order valence-electron chi connectivity index (χ3n) is 8.47. The number of ketones is 1. The lowest BCUT2D eigenvalue weighted by molar-refractivity contribution is -0.135. The zero-order valence-corrected chi connectivity index (χ0v) is 27.6. The molecule has 9 nitrogen and oxygen atoms in total. The number of hydrogen-bond donors (Lipinski definition) is 1. The minimum Gasteiger partial charge on any atom is -0.493 e. The summed E-state index contributed by atoms with van der Waals surface area (Å²) < 4.78 is 22.0. The molecular weight excluding hydrogens is 596 g/mol. The van der Waals surface area contributed by atoms with E-state index in [4.69, 9.17) is 18.9 Å². The average Bonchev–Trinajstić information content (AvgIpc) is 3.54. The van der Waals surface area contributed by atoms with Gasteiger partial charge in [-0.3, -0.25) is 14.4 Å². The lowest BCUT2D eigenvalue weighted by atomic mass is 9.98. The van der Waals surface area contributed by atoms with E-state index in [2.05, 4.69) is 36.2 Å². The van der Waals surface area contributed by atoms with Crippen LogP contribution >= 0.6 is 0 Å². The van der Waals surface area contributed by atoms with Crippen molar-refractivity contribution in [1.29, 1.82) is 0 Å². The van der Waals surface area contributed by atoms with Crippen LogP contribution in [-0.2, 0) is 27.2 Å². The molecule has 1 N–H and O–H groups in total. The van der Waals surface area contributed by atoms with Gasteiger partial charge in [-0.25, -0.2) is 0 Å². The van der Waals surface area contributed by atoms with Crippen LogP contribution in [0.5, 0.6) is 17.2 Å². The molecule has 0 aromatic heterocycles. The summed E-state index contributed by atoms with van der Waals surface area (Å²) >= 11 is 0. The second-order valence-electron chi connectivity index (χ2n) is 11.7. The normalized spacial score (nSPS) is 15.7. The molecular formula is C38H46N2O7. The molecule has 0 saturated carbocycles. The first-order chi connectivity index (χ1) is 22.9. The van der Waals surface area contributed by atoms with Crippen LogP contribution in [0.3, 0.4) is 0 Å². The minimum absolute atomic E-state index is 0.0684. The van der Waals surface area contributed by atoms with Crippen LogP contribution in [0, 0.1) is 0 Å². The van der Waals surface area contributed by atoms with Crippen molar-refractivity contribution in [2.24, 2.45) is 0 Å². The van der Waals surface area contributed by atoms with Crippen molar-refractivity contribution in [3.63, 3.8) is 0 Å². The molecule has 1 saturated heterocycles. The zero-order chi connectivity index (χ0) is 33.6. The number of aryl methyl sites for hydroxylation is 2. The molecule has 1 fully saturated rings. The highest BCUT2D eigenvalue weighted by atomic mass is 16.5. The van der Waals surface area contributed by atoms with Gasteiger partial charge in [0.1, 0.15) is 6.04 Å². The van der Waals surface area contributed by atoms with Gasteiger partial charge in [0, 0.05) is 24.6 Å². The first-order valence-electron chi connectivity index (χ1n) is 16.1. The van der Waals surface area contributed by atoms with Gasteiger partial charge in [0.2, 0.25) is 11.7 Å². The second-order valence-corrected chi connectivity index (χ2v) is 11.7. The Morgan fingerprint density at radius 2 is 1.43 bits per heavy atom. The molecule has 0 spiro atoms. The van der Waals surface area contributed by atoms with Crippen molar-refractivity contribution in [3.05, 3.63) is 102 Å². The number of amides is 2. The third kappa shape index (κ3) is 9.68. The summed E-state index contributed by atoms with van der Waals surface area (Å²) in [5, 5.41) is 3.25. The molecule has 2 atom stereocenters. The molecule has 3 aromatic carbocycles. The van der Waals surface area contributed by atoms with E-state index in [0.717, 1.165) is 38.5 Å². The summed E-state index contributed by atoms with van der Waals surface area (Å²) in [5.41, 5.74) is 2.57. The van der Waals surface area contributed by atoms with Gasteiger partial charge in [0.25, 0.3) is 11.7 Å². The summed E-state index contributed by atoms with van der Waals surface area (Å²) in [6.45, 7) is 4.08. The number of hydrogen-bond acceptors (Lipinski definition) is 7. The summed E-state index contributed by atoms with van der Waals surface area (Å²) in [6, 6.07) is 22.5. The highest BCUT2D eigenvalue weighted by molar-refractivity contribution is 6.43. The number of nitrogens with zero attached hydrogens (tertiary/aromatic N) is 1. The first kappa shape index (κ1) is 35.2. The molecule has 0 bridgehead atoms. The van der Waals surface area contributed by atoms with Gasteiger partial charge in [-0.1, -0.05) is 66.7 Å². The maximum Gasteiger partial charge on any atom is 0.295 e. The van der Waals surface area contributed by atoms with Crippen LogP contribution < -0.4 is 19.5 Å². The van der Waals surface area contributed by atoms with Gasteiger partial charge >= 0.3 is 0 Å². The van der Waals surface area contributed by atoms with E-state index in [1.165, 1.54) is 49.5 Å². The van der Waals surface area contributed by atoms with Crippen LogP contribution in [0.2, 0.25) is 0 Å². The van der Waals surface area contributed by atoms with E-state index in [-0.39, 0.29) is 48.6 Å². The van der Waals surface area contributed by atoms with Crippen LogP contribution in [0.1, 0.15) is 53.6 Å². The van der Waals surface area contributed by atoms with E-state index in [1.54, 1.807) is 6.08 Å². The lowest BCUT2D eigenvalue weighted by Crippen LogP contribution is -2.50. The van der Waals surface area contributed by atoms with Gasteiger partial charge in [-0.05, 0) is 61.8 Å². The molecule has 1 heterocycles. The number of rotatable bonds is 18. The van der Waals surface area contributed by atoms with Gasteiger partial charge < -0.3 is 29.2 Å². The van der Waals surface area contributed by atoms with Crippen LogP contribution in [-0.4, -0.2) is 75.2 Å². The van der Waals surface area contributed by atoms with E-state index < -0.39 is 23.8 Å². The van der Waals surface area contributed by atoms with E-state index in [9.17, 15) is 14.4 Å². The molecule has 1 aliphatic heterocycles. The number of carbonyl (C=O) groups is 3. The predicted octanol–water partition coefficient (Wildman–Crippen LogP) is 5.60. The molecule has 47 heavy (non-hydrogen) atoms. The number of ether oxygens (including phenoxy) is 4. The van der Waals surface area contributed by atoms with Crippen molar-refractivity contribution in [3.8, 4) is 17.2 Å². The Labute approximate surface area is 277 Å². The van der Waals surface area contributed by atoms with Crippen LogP contribution in [0.15, 0.2) is 85.5 Å². The maximum atomic E-state index is 14.0. The van der Waals surface area contributed by atoms with Crippen molar-refractivity contribution < 1.29 is 33.3 Å². The van der Waals surface area contributed by atoms with Gasteiger partial charge in [-0.15, -0.1) is 6.58 Å². The minimum atomic E-state index is -0.867. The standard InChI is InChI=1S/C38H46N2O7/c1-5-22-47-31-25-32(40(26-31)38(43)35(41)29-23-33(44-2)36(46-4)34(24-29)45-3)37(42)39-30(20-12-18-27-14-8-6-9-15-27)21-13-19-28-16-10-7-11-17-28/h5-11,14-17,23-24,30-32H,1,12-13,18-22,25-26H2,2-4H3,(H,39,42). The van der Waals surface area contributed by atoms with Crippen molar-refractivity contribution in [2.45, 2.75) is 63.1 Å². The summed E-state index contributed by atoms with van der Waals surface area (Å²) in [7, 11) is 4.33. The quantitative estimate of drug-likeness (QED) is 0.110. The van der Waals surface area contributed by atoms with E-state index in [1.807, 2.05) is 36.4 Å². The highest BCUT2D eigenvalue weighted by Gasteiger charge is 2.43. The number of methoxy groups -OCH3 is 3. The molecule has 3 aromatic rings. The fourth-order valence-corrected chi connectivity index (χ4v) is 6.04.